The Morgan fingerprint density at radius 2 is 1.68 bits per heavy atom. The Kier molecular flexibility index (Phi) is 6.03. The highest BCUT2D eigenvalue weighted by Gasteiger charge is 2.11. The summed E-state index contributed by atoms with van der Waals surface area (Å²) in [7, 11) is -3.19. The lowest BCUT2D eigenvalue weighted by molar-refractivity contribution is 0.599. The van der Waals surface area contributed by atoms with Gasteiger partial charge in [0.05, 0.1) is 10.6 Å². The molecular weight excluding hydrogens is 256 g/mol. The van der Waals surface area contributed by atoms with Crippen LogP contribution in [0.4, 0.5) is 0 Å². The van der Waals surface area contributed by atoms with Gasteiger partial charge >= 0.3 is 0 Å². The first kappa shape index (κ1) is 15.7. The van der Waals surface area contributed by atoms with E-state index < -0.39 is 9.84 Å². The van der Waals surface area contributed by atoms with E-state index in [-0.39, 0.29) is 5.75 Å². The Balaban J connectivity index is 2.62. The molecule has 0 atom stereocenters. The average molecular weight is 278 g/mol. The van der Waals surface area contributed by atoms with Crippen molar-refractivity contribution in [3.8, 4) is 0 Å². The first-order chi connectivity index (χ1) is 8.92. The van der Waals surface area contributed by atoms with Crippen LogP contribution < -0.4 is 0 Å². The van der Waals surface area contributed by atoms with Crippen molar-refractivity contribution in [1.29, 1.82) is 0 Å². The van der Waals surface area contributed by atoms with E-state index in [2.05, 4.69) is 19.9 Å². The van der Waals surface area contributed by atoms with Gasteiger partial charge < -0.3 is 0 Å². The normalized spacial score (nSPS) is 12.3. The van der Waals surface area contributed by atoms with Gasteiger partial charge in [0, 0.05) is 0 Å². The highest BCUT2D eigenvalue weighted by atomic mass is 32.2. The molecule has 0 amide bonds. The maximum atomic E-state index is 12.1. The van der Waals surface area contributed by atoms with Gasteiger partial charge in [-0.05, 0) is 45.7 Å². The fourth-order valence-corrected chi connectivity index (χ4v) is 2.93. The topological polar surface area (TPSA) is 34.1 Å². The van der Waals surface area contributed by atoms with Crippen molar-refractivity contribution < 1.29 is 8.42 Å². The molecule has 0 radical (unpaired) electrons. The summed E-state index contributed by atoms with van der Waals surface area (Å²) < 4.78 is 24.1. The molecule has 0 spiro atoms. The SMILES string of the molecule is CC(C)=CCCC(C)=CCS(=O)(=O)c1ccccc1. The Hall–Kier alpha value is -1.35. The summed E-state index contributed by atoms with van der Waals surface area (Å²) in [5.41, 5.74) is 2.42. The fraction of sp³-hybridized carbons (Fsp3) is 0.375. The highest BCUT2D eigenvalue weighted by molar-refractivity contribution is 7.91. The Morgan fingerprint density at radius 3 is 2.26 bits per heavy atom. The van der Waals surface area contributed by atoms with Crippen LogP contribution in [0.25, 0.3) is 0 Å². The molecule has 0 saturated heterocycles. The number of rotatable bonds is 6. The summed E-state index contributed by atoms with van der Waals surface area (Å²) in [5.74, 6) is 0.0810. The smallest absolute Gasteiger partial charge is 0.181 e. The molecule has 0 saturated carbocycles. The zero-order valence-corrected chi connectivity index (χ0v) is 12.7. The van der Waals surface area contributed by atoms with Crippen LogP contribution in [-0.4, -0.2) is 14.2 Å². The Bertz CT molecular complexity index is 548. The van der Waals surface area contributed by atoms with Crippen LogP contribution in [0.2, 0.25) is 0 Å². The zero-order valence-electron chi connectivity index (χ0n) is 11.9. The summed E-state index contributed by atoms with van der Waals surface area (Å²) in [5, 5.41) is 0. The maximum absolute atomic E-state index is 12.1. The van der Waals surface area contributed by atoms with Gasteiger partial charge in [0.1, 0.15) is 0 Å². The summed E-state index contributed by atoms with van der Waals surface area (Å²) >= 11 is 0. The van der Waals surface area contributed by atoms with E-state index >= 15 is 0 Å². The van der Waals surface area contributed by atoms with Crippen molar-refractivity contribution in [2.24, 2.45) is 0 Å². The number of hydrogen-bond acceptors (Lipinski definition) is 2. The van der Waals surface area contributed by atoms with E-state index in [0.29, 0.717) is 4.90 Å². The third kappa shape index (κ3) is 5.88. The maximum Gasteiger partial charge on any atom is 0.181 e. The monoisotopic (exact) mass is 278 g/mol. The molecule has 0 bridgehead atoms. The summed E-state index contributed by atoms with van der Waals surface area (Å²) in [6, 6.07) is 8.60. The van der Waals surface area contributed by atoms with E-state index in [1.807, 2.05) is 19.1 Å². The van der Waals surface area contributed by atoms with Crippen molar-refractivity contribution in [1.82, 2.24) is 0 Å². The van der Waals surface area contributed by atoms with Gasteiger partial charge in [0.25, 0.3) is 0 Å². The molecule has 0 N–H and O–H groups in total. The predicted octanol–water partition coefficient (Wildman–Crippen LogP) is 4.15. The van der Waals surface area contributed by atoms with Crippen LogP contribution in [0.3, 0.4) is 0 Å². The molecule has 3 heteroatoms. The van der Waals surface area contributed by atoms with Gasteiger partial charge in [-0.15, -0.1) is 0 Å². The van der Waals surface area contributed by atoms with Crippen molar-refractivity contribution in [2.75, 3.05) is 5.75 Å². The average Bonchev–Trinajstić information content (AvgIpc) is 2.37. The molecule has 0 heterocycles. The minimum absolute atomic E-state index is 0.0810. The van der Waals surface area contributed by atoms with E-state index in [1.165, 1.54) is 5.57 Å². The Labute approximate surface area is 116 Å². The minimum Gasteiger partial charge on any atom is -0.223 e. The predicted molar refractivity (Wildman–Crippen MR) is 80.9 cm³/mol. The standard InChI is InChI=1S/C16H22O2S/c1-14(2)8-7-9-15(3)12-13-19(17,18)16-10-5-4-6-11-16/h4-6,8,10-12H,7,9,13H2,1-3H3. The van der Waals surface area contributed by atoms with E-state index in [9.17, 15) is 8.42 Å². The zero-order chi connectivity index (χ0) is 14.3. The van der Waals surface area contributed by atoms with Gasteiger partial charge in [0.2, 0.25) is 0 Å². The lowest BCUT2D eigenvalue weighted by atomic mass is 10.1. The second kappa shape index (κ2) is 7.29. The van der Waals surface area contributed by atoms with E-state index in [4.69, 9.17) is 0 Å². The lowest BCUT2D eigenvalue weighted by Gasteiger charge is -2.03. The van der Waals surface area contributed by atoms with Crippen molar-refractivity contribution in [2.45, 2.75) is 38.5 Å². The largest absolute Gasteiger partial charge is 0.223 e. The van der Waals surface area contributed by atoms with Crippen LogP contribution in [0.1, 0.15) is 33.6 Å². The van der Waals surface area contributed by atoms with Crippen LogP contribution in [0.15, 0.2) is 58.5 Å². The van der Waals surface area contributed by atoms with Gasteiger partial charge in [-0.1, -0.05) is 41.5 Å². The lowest BCUT2D eigenvalue weighted by Crippen LogP contribution is -2.04. The van der Waals surface area contributed by atoms with Crippen LogP contribution >= 0.6 is 0 Å². The summed E-state index contributed by atoms with van der Waals surface area (Å²) in [4.78, 5) is 0.392. The number of allylic oxidation sites excluding steroid dienone is 3. The molecule has 104 valence electrons. The van der Waals surface area contributed by atoms with Gasteiger partial charge in [-0.3, -0.25) is 0 Å². The first-order valence-electron chi connectivity index (χ1n) is 6.48. The van der Waals surface area contributed by atoms with Gasteiger partial charge in [-0.25, -0.2) is 8.42 Å². The minimum atomic E-state index is -3.19. The molecule has 0 aliphatic heterocycles. The van der Waals surface area contributed by atoms with E-state index in [0.717, 1.165) is 18.4 Å². The molecule has 1 aromatic rings. The molecule has 0 aliphatic rings. The molecule has 19 heavy (non-hydrogen) atoms. The van der Waals surface area contributed by atoms with Crippen molar-refractivity contribution >= 4 is 9.84 Å². The van der Waals surface area contributed by atoms with Gasteiger partial charge in [0.15, 0.2) is 9.84 Å². The van der Waals surface area contributed by atoms with Crippen LogP contribution in [0.5, 0.6) is 0 Å². The fourth-order valence-electron chi connectivity index (χ4n) is 1.67. The van der Waals surface area contributed by atoms with Crippen molar-refractivity contribution in [3.05, 3.63) is 53.6 Å². The number of benzene rings is 1. The molecule has 1 aromatic carbocycles. The summed E-state index contributed by atoms with van der Waals surface area (Å²) in [6.07, 6.45) is 5.87. The van der Waals surface area contributed by atoms with Crippen LogP contribution in [-0.2, 0) is 9.84 Å². The second-order valence-corrected chi connectivity index (χ2v) is 7.00. The number of hydrogen-bond donors (Lipinski definition) is 0. The number of sulfone groups is 1. The molecule has 0 aromatic heterocycles. The Morgan fingerprint density at radius 1 is 1.05 bits per heavy atom. The van der Waals surface area contributed by atoms with Gasteiger partial charge in [-0.2, -0.15) is 0 Å². The molecule has 2 nitrogen and oxygen atoms in total. The molecule has 0 aliphatic carbocycles. The highest BCUT2D eigenvalue weighted by Crippen LogP contribution is 2.12. The third-order valence-corrected chi connectivity index (χ3v) is 4.44. The second-order valence-electron chi connectivity index (χ2n) is 4.97. The molecule has 0 fully saturated rings. The molecule has 0 unspecified atom stereocenters. The summed E-state index contributed by atoms with van der Waals surface area (Å²) in [6.45, 7) is 6.12. The third-order valence-electron chi connectivity index (χ3n) is 2.84. The van der Waals surface area contributed by atoms with Crippen LogP contribution in [0, 0.1) is 0 Å². The van der Waals surface area contributed by atoms with Crippen molar-refractivity contribution in [3.63, 3.8) is 0 Å². The first-order valence-corrected chi connectivity index (χ1v) is 8.14. The molecular formula is C16H22O2S. The molecule has 1 rings (SSSR count). The van der Waals surface area contributed by atoms with E-state index in [1.54, 1.807) is 24.3 Å². The quantitative estimate of drug-likeness (QED) is 0.732.